The van der Waals surface area contributed by atoms with Crippen LogP contribution >= 0.6 is 23.2 Å². The van der Waals surface area contributed by atoms with Crippen molar-refractivity contribution in [1.82, 2.24) is 0 Å². The molecule has 0 atom stereocenters. The smallest absolute Gasteiger partial charge is 0.416 e. The van der Waals surface area contributed by atoms with Gasteiger partial charge < -0.3 is 14.6 Å². The number of halogens is 5. The Morgan fingerprint density at radius 2 is 1.82 bits per heavy atom. The van der Waals surface area contributed by atoms with Gasteiger partial charge in [0.1, 0.15) is 11.5 Å². The molecule has 33 heavy (non-hydrogen) atoms. The van der Waals surface area contributed by atoms with Crippen molar-refractivity contribution >= 4 is 46.6 Å². The van der Waals surface area contributed by atoms with Crippen LogP contribution in [0.15, 0.2) is 59.0 Å². The fourth-order valence-electron chi connectivity index (χ4n) is 3.66. The van der Waals surface area contributed by atoms with Crippen molar-refractivity contribution in [2.45, 2.75) is 19.0 Å². The molecule has 4 nitrogen and oxygen atoms in total. The van der Waals surface area contributed by atoms with Gasteiger partial charge in [-0.2, -0.15) is 13.2 Å². The second-order valence-electron chi connectivity index (χ2n) is 7.55. The molecule has 9 heteroatoms. The molecule has 0 spiro atoms. The summed E-state index contributed by atoms with van der Waals surface area (Å²) in [5, 5.41) is 3.31. The molecule has 1 saturated heterocycles. The molecule has 2 heterocycles. The summed E-state index contributed by atoms with van der Waals surface area (Å²) in [6.07, 6.45) is 0.0270. The van der Waals surface area contributed by atoms with Gasteiger partial charge in [0.05, 0.1) is 27.0 Å². The zero-order valence-corrected chi connectivity index (χ0v) is 18.8. The van der Waals surface area contributed by atoms with E-state index in [4.69, 9.17) is 27.6 Å². The number of carbonyl (C=O) groups excluding carboxylic acids is 1. The van der Waals surface area contributed by atoms with Gasteiger partial charge in [0.25, 0.3) is 0 Å². The summed E-state index contributed by atoms with van der Waals surface area (Å²) in [6.45, 7) is 1.45. The van der Waals surface area contributed by atoms with Crippen LogP contribution < -0.4 is 10.2 Å². The van der Waals surface area contributed by atoms with Gasteiger partial charge in [-0.3, -0.25) is 4.79 Å². The molecule has 1 fully saturated rings. The number of furan rings is 1. The molecule has 1 aliphatic heterocycles. The highest BCUT2D eigenvalue weighted by atomic mass is 35.5. The third kappa shape index (κ3) is 5.37. The zero-order chi connectivity index (χ0) is 23.6. The highest BCUT2D eigenvalue weighted by Crippen LogP contribution is 2.37. The Balaban J connectivity index is 1.53. The van der Waals surface area contributed by atoms with Gasteiger partial charge in [0, 0.05) is 24.7 Å². The summed E-state index contributed by atoms with van der Waals surface area (Å²) in [5.74, 6) is 0.269. The van der Waals surface area contributed by atoms with Crippen molar-refractivity contribution in [3.05, 3.63) is 76.0 Å². The second kappa shape index (κ2) is 9.53. The predicted molar refractivity (Wildman–Crippen MR) is 125 cm³/mol. The van der Waals surface area contributed by atoms with Crippen molar-refractivity contribution in [3.8, 4) is 11.3 Å². The number of rotatable bonds is 5. The third-order valence-electron chi connectivity index (χ3n) is 5.27. The summed E-state index contributed by atoms with van der Waals surface area (Å²) in [6, 6.07) is 11.9. The Morgan fingerprint density at radius 1 is 1.06 bits per heavy atom. The summed E-state index contributed by atoms with van der Waals surface area (Å²) in [4.78, 5) is 14.5. The van der Waals surface area contributed by atoms with Gasteiger partial charge in [-0.1, -0.05) is 29.3 Å². The van der Waals surface area contributed by atoms with Gasteiger partial charge in [-0.15, -0.1) is 0 Å². The summed E-state index contributed by atoms with van der Waals surface area (Å²) >= 11 is 12.2. The van der Waals surface area contributed by atoms with E-state index in [1.807, 2.05) is 4.90 Å². The topological polar surface area (TPSA) is 45.5 Å². The maximum absolute atomic E-state index is 13.2. The largest absolute Gasteiger partial charge is 0.457 e. The number of hydrogen-bond acceptors (Lipinski definition) is 3. The van der Waals surface area contributed by atoms with Crippen LogP contribution in [-0.4, -0.2) is 19.0 Å². The van der Waals surface area contributed by atoms with E-state index in [2.05, 4.69) is 5.32 Å². The van der Waals surface area contributed by atoms with Crippen LogP contribution in [0.2, 0.25) is 10.0 Å². The molecule has 172 valence electrons. The van der Waals surface area contributed by atoms with E-state index >= 15 is 0 Å². The van der Waals surface area contributed by atoms with Crippen molar-refractivity contribution in [1.29, 1.82) is 0 Å². The molecule has 0 aliphatic carbocycles. The molecular weight excluding hydrogens is 476 g/mol. The summed E-state index contributed by atoms with van der Waals surface area (Å²) in [7, 11) is 0. The van der Waals surface area contributed by atoms with Gasteiger partial charge in [0.2, 0.25) is 5.91 Å². The van der Waals surface area contributed by atoms with E-state index in [1.54, 1.807) is 30.3 Å². The average Bonchev–Trinajstić information content (AvgIpc) is 3.46. The minimum absolute atomic E-state index is 0.118. The van der Waals surface area contributed by atoms with E-state index in [0.29, 0.717) is 32.8 Å². The quantitative estimate of drug-likeness (QED) is 0.373. The number of nitrogens with one attached hydrogen (secondary N) is 1. The van der Waals surface area contributed by atoms with Crippen LogP contribution in [-0.2, 0) is 11.0 Å². The Labute approximate surface area is 198 Å². The first kappa shape index (κ1) is 23.3. The molecule has 4 rings (SSSR count). The number of amides is 1. The molecule has 0 unspecified atom stereocenters. The molecule has 1 aliphatic rings. The Hall–Kier alpha value is -2.90. The van der Waals surface area contributed by atoms with Gasteiger partial charge in [0.15, 0.2) is 0 Å². The van der Waals surface area contributed by atoms with Crippen LogP contribution in [0.4, 0.5) is 24.5 Å². The Kier molecular flexibility index (Phi) is 6.72. The fraction of sp³-hybridized carbons (Fsp3) is 0.208. The van der Waals surface area contributed by atoms with Crippen LogP contribution in [0.5, 0.6) is 0 Å². The van der Waals surface area contributed by atoms with Crippen molar-refractivity contribution in [2.24, 2.45) is 0 Å². The fourth-order valence-corrected chi connectivity index (χ4v) is 4.05. The molecule has 0 radical (unpaired) electrons. The van der Waals surface area contributed by atoms with E-state index < -0.39 is 17.6 Å². The standard InChI is InChI=1S/C24H19Cl2F3N2O2/c25-18-5-3-4-17(23(18)26)21-10-7-16(33-21)8-11-22(32)30-19-14-15(24(27,28)29)6-9-20(19)31-12-1-2-13-31/h3-11,14H,1-2,12-13H2,(H,30,32)/b11-8+. The molecule has 1 amide bonds. The summed E-state index contributed by atoms with van der Waals surface area (Å²) < 4.78 is 45.3. The van der Waals surface area contributed by atoms with E-state index in [9.17, 15) is 18.0 Å². The molecule has 1 aromatic heterocycles. The van der Waals surface area contributed by atoms with E-state index in [-0.39, 0.29) is 5.69 Å². The first-order chi connectivity index (χ1) is 15.7. The highest BCUT2D eigenvalue weighted by Gasteiger charge is 2.32. The lowest BCUT2D eigenvalue weighted by molar-refractivity contribution is -0.137. The number of alkyl halides is 3. The van der Waals surface area contributed by atoms with E-state index in [1.165, 1.54) is 18.2 Å². The highest BCUT2D eigenvalue weighted by molar-refractivity contribution is 6.43. The second-order valence-corrected chi connectivity index (χ2v) is 8.33. The first-order valence-corrected chi connectivity index (χ1v) is 11.0. The SMILES string of the molecule is O=C(/C=C/c1ccc(-c2cccc(Cl)c2Cl)o1)Nc1cc(C(F)(F)F)ccc1N1CCCC1. The maximum Gasteiger partial charge on any atom is 0.416 e. The maximum atomic E-state index is 13.2. The zero-order valence-electron chi connectivity index (χ0n) is 17.3. The minimum atomic E-state index is -4.51. The normalized spacial score (nSPS) is 14.3. The van der Waals surface area contributed by atoms with Gasteiger partial charge in [-0.05, 0) is 61.4 Å². The number of benzene rings is 2. The van der Waals surface area contributed by atoms with Crippen LogP contribution in [0, 0.1) is 0 Å². The third-order valence-corrected chi connectivity index (χ3v) is 6.09. The predicted octanol–water partition coefficient (Wildman–Crippen LogP) is 7.52. The van der Waals surface area contributed by atoms with E-state index in [0.717, 1.165) is 38.1 Å². The van der Waals surface area contributed by atoms with Crippen molar-refractivity contribution in [2.75, 3.05) is 23.3 Å². The molecule has 1 N–H and O–H groups in total. The lowest BCUT2D eigenvalue weighted by Crippen LogP contribution is -2.21. The number of hydrogen-bond donors (Lipinski definition) is 1. The van der Waals surface area contributed by atoms with Gasteiger partial charge in [-0.25, -0.2) is 0 Å². The lowest BCUT2D eigenvalue weighted by Gasteiger charge is -2.22. The molecule has 0 bridgehead atoms. The number of anilines is 2. The molecule has 3 aromatic rings. The van der Waals surface area contributed by atoms with Crippen molar-refractivity contribution < 1.29 is 22.4 Å². The van der Waals surface area contributed by atoms with Crippen molar-refractivity contribution in [3.63, 3.8) is 0 Å². The molecular formula is C24H19Cl2F3N2O2. The minimum Gasteiger partial charge on any atom is -0.457 e. The molecule has 0 saturated carbocycles. The number of carbonyl (C=O) groups is 1. The Bertz CT molecular complexity index is 1200. The first-order valence-electron chi connectivity index (χ1n) is 10.2. The van der Waals surface area contributed by atoms with Crippen LogP contribution in [0.3, 0.4) is 0 Å². The Morgan fingerprint density at radius 3 is 2.55 bits per heavy atom. The monoisotopic (exact) mass is 494 g/mol. The molecule has 2 aromatic carbocycles. The number of nitrogens with zero attached hydrogens (tertiary/aromatic N) is 1. The van der Waals surface area contributed by atoms with Gasteiger partial charge >= 0.3 is 6.18 Å². The van der Waals surface area contributed by atoms with Crippen LogP contribution in [0.25, 0.3) is 17.4 Å². The average molecular weight is 495 g/mol. The van der Waals surface area contributed by atoms with Crippen LogP contribution in [0.1, 0.15) is 24.2 Å². The lowest BCUT2D eigenvalue weighted by atomic mass is 10.1. The summed E-state index contributed by atoms with van der Waals surface area (Å²) in [5.41, 5.74) is 0.469.